The molecule has 2 aromatic rings. The van der Waals surface area contributed by atoms with Gasteiger partial charge in [-0.25, -0.2) is 0 Å². The fraction of sp³-hybridized carbons (Fsp3) is 0.100. The Balaban J connectivity index is 2.42. The SMILES string of the molecule is BrCC=Cc1ccc2[nH]ncc2c1. The number of fused-ring (bicyclic) bond motifs is 1. The molecule has 1 heterocycles. The van der Waals surface area contributed by atoms with Crippen molar-refractivity contribution in [2.75, 3.05) is 5.33 Å². The van der Waals surface area contributed by atoms with Crippen LogP contribution in [-0.2, 0) is 0 Å². The van der Waals surface area contributed by atoms with Crippen LogP contribution in [0.1, 0.15) is 5.56 Å². The van der Waals surface area contributed by atoms with E-state index in [1.807, 2.05) is 12.3 Å². The van der Waals surface area contributed by atoms with E-state index >= 15 is 0 Å². The number of aromatic amines is 1. The van der Waals surface area contributed by atoms with Crippen molar-refractivity contribution in [2.45, 2.75) is 0 Å². The summed E-state index contributed by atoms with van der Waals surface area (Å²) in [4.78, 5) is 0. The van der Waals surface area contributed by atoms with Crippen LogP contribution in [-0.4, -0.2) is 15.5 Å². The third-order valence-corrected chi connectivity index (χ3v) is 2.24. The van der Waals surface area contributed by atoms with Crippen LogP contribution in [0.25, 0.3) is 17.0 Å². The minimum absolute atomic E-state index is 0.885. The van der Waals surface area contributed by atoms with Crippen LogP contribution in [0, 0.1) is 0 Å². The molecule has 66 valence electrons. The molecule has 0 aliphatic heterocycles. The van der Waals surface area contributed by atoms with Crippen molar-refractivity contribution in [3.8, 4) is 0 Å². The lowest BCUT2D eigenvalue weighted by molar-refractivity contribution is 1.12. The van der Waals surface area contributed by atoms with Gasteiger partial charge in [0, 0.05) is 10.7 Å². The molecule has 0 unspecified atom stereocenters. The second-order valence-corrected chi connectivity index (χ2v) is 3.42. The van der Waals surface area contributed by atoms with E-state index in [-0.39, 0.29) is 0 Å². The van der Waals surface area contributed by atoms with Crippen molar-refractivity contribution in [3.05, 3.63) is 36.0 Å². The van der Waals surface area contributed by atoms with Gasteiger partial charge in [0.1, 0.15) is 0 Å². The maximum Gasteiger partial charge on any atom is 0.0650 e. The number of hydrogen-bond acceptors (Lipinski definition) is 1. The largest absolute Gasteiger partial charge is 0.278 e. The number of nitrogens with one attached hydrogen (secondary N) is 1. The van der Waals surface area contributed by atoms with Gasteiger partial charge in [0.05, 0.1) is 11.7 Å². The van der Waals surface area contributed by atoms with E-state index in [1.54, 1.807) is 0 Å². The van der Waals surface area contributed by atoms with E-state index < -0.39 is 0 Å². The molecule has 1 N–H and O–H groups in total. The summed E-state index contributed by atoms with van der Waals surface area (Å²) in [5.41, 5.74) is 2.28. The molecular weight excluding hydrogens is 228 g/mol. The number of aromatic nitrogens is 2. The maximum atomic E-state index is 3.96. The van der Waals surface area contributed by atoms with Gasteiger partial charge in [-0.1, -0.05) is 34.1 Å². The number of hydrogen-bond donors (Lipinski definition) is 1. The van der Waals surface area contributed by atoms with E-state index in [4.69, 9.17) is 0 Å². The molecule has 0 amide bonds. The summed E-state index contributed by atoms with van der Waals surface area (Å²) in [5, 5.41) is 8.92. The Kier molecular flexibility index (Phi) is 2.45. The number of nitrogens with zero attached hydrogens (tertiary/aromatic N) is 1. The molecule has 0 fully saturated rings. The Hall–Kier alpha value is -1.09. The van der Waals surface area contributed by atoms with Gasteiger partial charge in [-0.05, 0) is 17.7 Å². The van der Waals surface area contributed by atoms with Gasteiger partial charge in [0.25, 0.3) is 0 Å². The average Bonchev–Trinajstić information content (AvgIpc) is 2.61. The van der Waals surface area contributed by atoms with Crippen LogP contribution in [0.15, 0.2) is 30.5 Å². The molecule has 1 aromatic heterocycles. The highest BCUT2D eigenvalue weighted by molar-refractivity contribution is 9.09. The van der Waals surface area contributed by atoms with Crippen molar-refractivity contribution in [2.24, 2.45) is 0 Å². The van der Waals surface area contributed by atoms with Crippen molar-refractivity contribution >= 4 is 32.9 Å². The molecule has 0 aliphatic rings. The van der Waals surface area contributed by atoms with Crippen LogP contribution in [0.2, 0.25) is 0 Å². The van der Waals surface area contributed by atoms with Crippen LogP contribution >= 0.6 is 15.9 Å². The monoisotopic (exact) mass is 236 g/mol. The molecule has 3 heteroatoms. The first-order valence-electron chi connectivity index (χ1n) is 4.06. The highest BCUT2D eigenvalue weighted by Gasteiger charge is 1.94. The first-order valence-corrected chi connectivity index (χ1v) is 5.18. The fourth-order valence-corrected chi connectivity index (χ4v) is 1.43. The summed E-state index contributed by atoms with van der Waals surface area (Å²) < 4.78 is 0. The average molecular weight is 237 g/mol. The molecule has 0 saturated heterocycles. The Morgan fingerprint density at radius 2 is 2.38 bits per heavy atom. The van der Waals surface area contributed by atoms with Crippen molar-refractivity contribution in [3.63, 3.8) is 0 Å². The van der Waals surface area contributed by atoms with E-state index in [1.165, 1.54) is 5.56 Å². The minimum atomic E-state index is 0.885. The van der Waals surface area contributed by atoms with E-state index in [0.29, 0.717) is 0 Å². The van der Waals surface area contributed by atoms with Crippen LogP contribution in [0.3, 0.4) is 0 Å². The molecule has 0 bridgehead atoms. The number of halogens is 1. The Morgan fingerprint density at radius 1 is 1.46 bits per heavy atom. The fourth-order valence-electron chi connectivity index (χ4n) is 1.25. The minimum Gasteiger partial charge on any atom is -0.278 e. The van der Waals surface area contributed by atoms with Gasteiger partial charge in [-0.15, -0.1) is 0 Å². The number of H-pyrrole nitrogens is 1. The molecule has 0 saturated carbocycles. The Bertz CT molecular complexity index is 431. The third kappa shape index (κ3) is 1.80. The molecule has 13 heavy (non-hydrogen) atoms. The zero-order valence-corrected chi connectivity index (χ0v) is 8.58. The van der Waals surface area contributed by atoms with E-state index in [2.05, 4.69) is 50.4 Å². The number of rotatable bonds is 2. The second-order valence-electron chi connectivity index (χ2n) is 2.77. The van der Waals surface area contributed by atoms with Crippen molar-refractivity contribution in [1.82, 2.24) is 10.2 Å². The molecule has 2 rings (SSSR count). The summed E-state index contributed by atoms with van der Waals surface area (Å²) in [6, 6.07) is 6.22. The lowest BCUT2D eigenvalue weighted by Gasteiger charge is -1.92. The topological polar surface area (TPSA) is 28.7 Å². The Morgan fingerprint density at radius 3 is 3.23 bits per heavy atom. The molecule has 0 atom stereocenters. The summed E-state index contributed by atoms with van der Waals surface area (Å²) >= 11 is 3.34. The van der Waals surface area contributed by atoms with Gasteiger partial charge in [0.2, 0.25) is 0 Å². The molecule has 0 radical (unpaired) electrons. The summed E-state index contributed by atoms with van der Waals surface area (Å²) in [6.45, 7) is 0. The quantitative estimate of drug-likeness (QED) is 0.799. The summed E-state index contributed by atoms with van der Waals surface area (Å²) in [6.07, 6.45) is 5.99. The van der Waals surface area contributed by atoms with Crippen LogP contribution < -0.4 is 0 Å². The van der Waals surface area contributed by atoms with Gasteiger partial charge >= 0.3 is 0 Å². The van der Waals surface area contributed by atoms with Gasteiger partial charge in [0.15, 0.2) is 0 Å². The molecule has 1 aromatic carbocycles. The zero-order valence-electron chi connectivity index (χ0n) is 7.00. The van der Waals surface area contributed by atoms with Crippen LogP contribution in [0.4, 0.5) is 0 Å². The molecular formula is C10H9BrN2. The van der Waals surface area contributed by atoms with Crippen molar-refractivity contribution < 1.29 is 0 Å². The van der Waals surface area contributed by atoms with Gasteiger partial charge in [-0.2, -0.15) is 5.10 Å². The predicted octanol–water partition coefficient (Wildman–Crippen LogP) is 2.97. The van der Waals surface area contributed by atoms with E-state index in [9.17, 15) is 0 Å². The zero-order chi connectivity index (χ0) is 9.10. The standard InChI is InChI=1S/C10H9BrN2/c11-5-1-2-8-3-4-10-9(6-8)7-12-13-10/h1-4,6-7H,5H2,(H,12,13). The lowest BCUT2D eigenvalue weighted by atomic mass is 10.1. The predicted molar refractivity (Wildman–Crippen MR) is 58.9 cm³/mol. The number of alkyl halides is 1. The van der Waals surface area contributed by atoms with E-state index in [0.717, 1.165) is 16.2 Å². The summed E-state index contributed by atoms with van der Waals surface area (Å²) in [5.74, 6) is 0. The molecule has 0 spiro atoms. The summed E-state index contributed by atoms with van der Waals surface area (Å²) in [7, 11) is 0. The van der Waals surface area contributed by atoms with Gasteiger partial charge in [-0.3, -0.25) is 5.10 Å². The first-order chi connectivity index (χ1) is 6.40. The Labute approximate surface area is 84.8 Å². The van der Waals surface area contributed by atoms with Gasteiger partial charge < -0.3 is 0 Å². The smallest absolute Gasteiger partial charge is 0.0650 e. The second kappa shape index (κ2) is 3.75. The highest BCUT2D eigenvalue weighted by atomic mass is 79.9. The number of benzene rings is 1. The third-order valence-electron chi connectivity index (χ3n) is 1.86. The normalized spacial score (nSPS) is 11.5. The first kappa shape index (κ1) is 8.51. The van der Waals surface area contributed by atoms with Crippen molar-refractivity contribution in [1.29, 1.82) is 0 Å². The molecule has 2 nitrogen and oxygen atoms in total. The lowest BCUT2D eigenvalue weighted by Crippen LogP contribution is -1.72. The maximum absolute atomic E-state index is 3.96. The molecule has 0 aliphatic carbocycles. The highest BCUT2D eigenvalue weighted by Crippen LogP contribution is 2.13. The number of allylic oxidation sites excluding steroid dienone is 1. The van der Waals surface area contributed by atoms with Crippen LogP contribution in [0.5, 0.6) is 0 Å².